The third-order valence-electron chi connectivity index (χ3n) is 2.77. The second kappa shape index (κ2) is 6.51. The van der Waals surface area contributed by atoms with Crippen LogP contribution >= 0.6 is 28.3 Å². The maximum Gasteiger partial charge on any atom is 0.0332 e. The van der Waals surface area contributed by atoms with Crippen LogP contribution in [0.25, 0.3) is 0 Å². The van der Waals surface area contributed by atoms with Gasteiger partial charge in [0.25, 0.3) is 0 Å². The van der Waals surface area contributed by atoms with E-state index in [0.717, 1.165) is 10.9 Å². The first-order valence-electron chi connectivity index (χ1n) is 5.08. The van der Waals surface area contributed by atoms with Gasteiger partial charge in [0.05, 0.1) is 0 Å². The molecule has 0 spiro atoms. The number of rotatable bonds is 3. The maximum absolute atomic E-state index is 6.17. The molecule has 0 heterocycles. The van der Waals surface area contributed by atoms with Gasteiger partial charge in [0.1, 0.15) is 0 Å². The Bertz CT molecular complexity index is 314. The van der Waals surface area contributed by atoms with E-state index in [0.29, 0.717) is 5.92 Å². The Morgan fingerprint density at radius 3 is 2.47 bits per heavy atom. The molecule has 0 saturated heterocycles. The molecule has 0 aliphatic rings. The summed E-state index contributed by atoms with van der Waals surface area (Å²) in [4.78, 5) is 0. The molecule has 1 rings (SSSR count). The van der Waals surface area contributed by atoms with Crippen molar-refractivity contribution in [1.29, 1.82) is 0 Å². The lowest BCUT2D eigenvalue weighted by atomic mass is 9.93. The Morgan fingerprint density at radius 1 is 1.40 bits per heavy atom. The number of aryl methyl sites for hydroxylation is 1. The number of benzene rings is 1. The van der Waals surface area contributed by atoms with Crippen molar-refractivity contribution in [2.24, 2.45) is 11.7 Å². The van der Waals surface area contributed by atoms with Crippen LogP contribution in [0.2, 0.25) is 0 Å². The predicted octanol–water partition coefficient (Wildman–Crippen LogP) is 4.23. The van der Waals surface area contributed by atoms with Crippen molar-refractivity contribution in [1.82, 2.24) is 0 Å². The van der Waals surface area contributed by atoms with Crippen molar-refractivity contribution in [2.45, 2.75) is 33.2 Å². The van der Waals surface area contributed by atoms with Crippen molar-refractivity contribution in [2.75, 3.05) is 0 Å². The molecule has 0 saturated carbocycles. The summed E-state index contributed by atoms with van der Waals surface area (Å²) in [5.41, 5.74) is 8.64. The van der Waals surface area contributed by atoms with Crippen molar-refractivity contribution >= 4 is 28.3 Å². The Kier molecular flexibility index (Phi) is 6.49. The first-order valence-corrected chi connectivity index (χ1v) is 5.87. The van der Waals surface area contributed by atoms with Gasteiger partial charge in [-0.05, 0) is 30.0 Å². The molecule has 0 fully saturated rings. The third kappa shape index (κ3) is 3.78. The molecule has 2 atom stereocenters. The first-order chi connectivity index (χ1) is 6.56. The number of hydrogen-bond acceptors (Lipinski definition) is 1. The lowest BCUT2D eigenvalue weighted by molar-refractivity contribution is 0.455. The lowest BCUT2D eigenvalue weighted by Crippen LogP contribution is -2.18. The fraction of sp³-hybridized carbons (Fsp3) is 0.500. The van der Waals surface area contributed by atoms with Gasteiger partial charge in [-0.3, -0.25) is 0 Å². The van der Waals surface area contributed by atoms with Gasteiger partial charge in [-0.25, -0.2) is 0 Å². The lowest BCUT2D eigenvalue weighted by Gasteiger charge is -2.20. The molecule has 0 aliphatic carbocycles. The smallest absolute Gasteiger partial charge is 0.0332 e. The fourth-order valence-electron chi connectivity index (χ4n) is 1.46. The summed E-state index contributed by atoms with van der Waals surface area (Å²) >= 11 is 3.57. The standard InChI is InChI=1S/C12H18BrN.ClH/c1-4-9(3)12(14)10-6-5-8(2)7-11(10)13;/h5-7,9,12H,4,14H2,1-3H3;1H/t9?,12-;/m1./s1. The monoisotopic (exact) mass is 291 g/mol. The van der Waals surface area contributed by atoms with Gasteiger partial charge in [0.2, 0.25) is 0 Å². The Labute approximate surface area is 107 Å². The van der Waals surface area contributed by atoms with Crippen molar-refractivity contribution in [3.05, 3.63) is 33.8 Å². The average Bonchev–Trinajstić information content (AvgIpc) is 2.15. The summed E-state index contributed by atoms with van der Waals surface area (Å²) < 4.78 is 1.13. The quantitative estimate of drug-likeness (QED) is 0.886. The van der Waals surface area contributed by atoms with Crippen molar-refractivity contribution < 1.29 is 0 Å². The van der Waals surface area contributed by atoms with E-state index in [1.807, 2.05) is 0 Å². The Morgan fingerprint density at radius 2 is 2.00 bits per heavy atom. The van der Waals surface area contributed by atoms with Crippen LogP contribution in [0.5, 0.6) is 0 Å². The van der Waals surface area contributed by atoms with E-state index in [1.54, 1.807) is 0 Å². The molecule has 1 unspecified atom stereocenters. The summed E-state index contributed by atoms with van der Waals surface area (Å²) in [6.07, 6.45) is 1.11. The number of hydrogen-bond donors (Lipinski definition) is 1. The van der Waals surface area contributed by atoms with Crippen molar-refractivity contribution in [3.63, 3.8) is 0 Å². The zero-order valence-electron chi connectivity index (χ0n) is 9.46. The van der Waals surface area contributed by atoms with Crippen LogP contribution in [0, 0.1) is 12.8 Å². The van der Waals surface area contributed by atoms with E-state index in [2.05, 4.69) is 54.9 Å². The number of halogens is 2. The van der Waals surface area contributed by atoms with Gasteiger partial charge < -0.3 is 5.73 Å². The van der Waals surface area contributed by atoms with E-state index in [-0.39, 0.29) is 18.4 Å². The summed E-state index contributed by atoms with van der Waals surface area (Å²) in [7, 11) is 0. The molecule has 2 N–H and O–H groups in total. The molecule has 0 aliphatic heterocycles. The van der Waals surface area contributed by atoms with Crippen LogP contribution in [0.3, 0.4) is 0 Å². The summed E-state index contributed by atoms with van der Waals surface area (Å²) in [5, 5.41) is 0. The zero-order valence-corrected chi connectivity index (χ0v) is 11.9. The molecule has 0 bridgehead atoms. The maximum atomic E-state index is 6.17. The molecule has 0 radical (unpaired) electrons. The van der Waals surface area contributed by atoms with E-state index in [1.165, 1.54) is 11.1 Å². The molecule has 1 nitrogen and oxygen atoms in total. The minimum atomic E-state index is 0. The highest BCUT2D eigenvalue weighted by Gasteiger charge is 2.15. The molecule has 86 valence electrons. The largest absolute Gasteiger partial charge is 0.324 e. The second-order valence-electron chi connectivity index (χ2n) is 3.94. The van der Waals surface area contributed by atoms with E-state index >= 15 is 0 Å². The van der Waals surface area contributed by atoms with E-state index in [9.17, 15) is 0 Å². The van der Waals surface area contributed by atoms with Crippen LogP contribution in [0.15, 0.2) is 22.7 Å². The van der Waals surface area contributed by atoms with Crippen LogP contribution in [0.1, 0.15) is 37.4 Å². The highest BCUT2D eigenvalue weighted by molar-refractivity contribution is 9.10. The minimum absolute atomic E-state index is 0. The van der Waals surface area contributed by atoms with Gasteiger partial charge in [-0.2, -0.15) is 0 Å². The predicted molar refractivity (Wildman–Crippen MR) is 72.5 cm³/mol. The Hall–Kier alpha value is -0.0500. The molecule has 1 aromatic rings. The molecule has 3 heteroatoms. The van der Waals surface area contributed by atoms with Crippen LogP contribution < -0.4 is 5.73 Å². The molecule has 15 heavy (non-hydrogen) atoms. The normalized spacial score (nSPS) is 14.2. The second-order valence-corrected chi connectivity index (χ2v) is 4.79. The average molecular weight is 293 g/mol. The zero-order chi connectivity index (χ0) is 10.7. The van der Waals surface area contributed by atoms with Gasteiger partial charge in [-0.1, -0.05) is 48.3 Å². The third-order valence-corrected chi connectivity index (χ3v) is 3.46. The van der Waals surface area contributed by atoms with Gasteiger partial charge in [-0.15, -0.1) is 12.4 Å². The first kappa shape index (κ1) is 14.9. The summed E-state index contributed by atoms with van der Waals surface area (Å²) in [6.45, 7) is 6.45. The molecular weight excluding hydrogens is 273 g/mol. The highest BCUT2D eigenvalue weighted by atomic mass is 79.9. The van der Waals surface area contributed by atoms with Crippen molar-refractivity contribution in [3.8, 4) is 0 Å². The van der Waals surface area contributed by atoms with Crippen LogP contribution in [0.4, 0.5) is 0 Å². The SMILES string of the molecule is CCC(C)[C@@H](N)c1ccc(C)cc1Br.Cl. The highest BCUT2D eigenvalue weighted by Crippen LogP contribution is 2.28. The summed E-state index contributed by atoms with van der Waals surface area (Å²) in [6, 6.07) is 6.49. The molecule has 0 amide bonds. The molecule has 0 aromatic heterocycles. The van der Waals surface area contributed by atoms with Gasteiger partial charge in [0, 0.05) is 10.5 Å². The van der Waals surface area contributed by atoms with Gasteiger partial charge in [0.15, 0.2) is 0 Å². The van der Waals surface area contributed by atoms with Gasteiger partial charge >= 0.3 is 0 Å². The fourth-order valence-corrected chi connectivity index (χ4v) is 2.22. The Balaban J connectivity index is 0.00000196. The molecule has 1 aromatic carbocycles. The van der Waals surface area contributed by atoms with E-state index < -0.39 is 0 Å². The van der Waals surface area contributed by atoms with E-state index in [4.69, 9.17) is 5.73 Å². The molecular formula is C12H19BrClN. The minimum Gasteiger partial charge on any atom is -0.324 e. The summed E-state index contributed by atoms with van der Waals surface area (Å²) in [5.74, 6) is 0.522. The van der Waals surface area contributed by atoms with Crippen LogP contribution in [-0.2, 0) is 0 Å². The van der Waals surface area contributed by atoms with Crippen LogP contribution in [-0.4, -0.2) is 0 Å². The topological polar surface area (TPSA) is 26.0 Å². The number of nitrogens with two attached hydrogens (primary N) is 1.